The standard InChI is InChI=1S/C12H15N3OS/c1-8-9(2)16-12(14-8)17-7-10-5-4-6-11(13-3)15-10/h4-6H,7H2,1-3H3,(H,13,15). The first-order valence-corrected chi connectivity index (χ1v) is 6.38. The zero-order valence-corrected chi connectivity index (χ0v) is 11.0. The molecule has 17 heavy (non-hydrogen) atoms. The van der Waals surface area contributed by atoms with E-state index in [9.17, 15) is 0 Å². The second-order valence-corrected chi connectivity index (χ2v) is 4.60. The van der Waals surface area contributed by atoms with Crippen LogP contribution in [0.4, 0.5) is 5.82 Å². The number of pyridine rings is 1. The van der Waals surface area contributed by atoms with Gasteiger partial charge in [-0.25, -0.2) is 9.97 Å². The Morgan fingerprint density at radius 2 is 2.12 bits per heavy atom. The fraction of sp³-hybridized carbons (Fsp3) is 0.333. The second kappa shape index (κ2) is 5.23. The number of anilines is 1. The summed E-state index contributed by atoms with van der Waals surface area (Å²) in [6, 6.07) is 5.92. The molecule has 4 nitrogen and oxygen atoms in total. The number of nitrogens with zero attached hydrogens (tertiary/aromatic N) is 2. The van der Waals surface area contributed by atoms with Gasteiger partial charge in [0, 0.05) is 12.8 Å². The maximum Gasteiger partial charge on any atom is 0.256 e. The molecule has 5 heteroatoms. The first kappa shape index (κ1) is 12.0. The Kier molecular flexibility index (Phi) is 3.68. The van der Waals surface area contributed by atoms with Gasteiger partial charge in [-0.2, -0.15) is 0 Å². The van der Waals surface area contributed by atoms with Gasteiger partial charge in [0.2, 0.25) is 0 Å². The van der Waals surface area contributed by atoms with Gasteiger partial charge in [0.05, 0.1) is 11.4 Å². The summed E-state index contributed by atoms with van der Waals surface area (Å²) in [5.74, 6) is 2.52. The van der Waals surface area contributed by atoms with Crippen LogP contribution >= 0.6 is 11.8 Å². The molecule has 0 unspecified atom stereocenters. The molecule has 0 aliphatic heterocycles. The van der Waals surface area contributed by atoms with Crippen molar-refractivity contribution >= 4 is 17.6 Å². The fourth-order valence-corrected chi connectivity index (χ4v) is 2.16. The van der Waals surface area contributed by atoms with Crippen LogP contribution < -0.4 is 5.32 Å². The van der Waals surface area contributed by atoms with Gasteiger partial charge in [-0.1, -0.05) is 17.8 Å². The van der Waals surface area contributed by atoms with Crippen molar-refractivity contribution in [3.63, 3.8) is 0 Å². The molecule has 0 saturated carbocycles. The summed E-state index contributed by atoms with van der Waals surface area (Å²) >= 11 is 1.56. The lowest BCUT2D eigenvalue weighted by molar-refractivity contribution is 0.431. The van der Waals surface area contributed by atoms with Crippen LogP contribution in [-0.4, -0.2) is 17.0 Å². The Hall–Kier alpha value is -1.49. The minimum atomic E-state index is 0.705. The number of rotatable bonds is 4. The molecule has 0 aliphatic carbocycles. The summed E-state index contributed by atoms with van der Waals surface area (Å²) in [5.41, 5.74) is 1.96. The third kappa shape index (κ3) is 3.00. The molecule has 0 saturated heterocycles. The zero-order valence-electron chi connectivity index (χ0n) is 10.2. The van der Waals surface area contributed by atoms with E-state index in [1.54, 1.807) is 11.8 Å². The molecule has 2 aromatic rings. The Morgan fingerprint density at radius 1 is 1.29 bits per heavy atom. The highest BCUT2D eigenvalue weighted by atomic mass is 32.2. The Labute approximate surface area is 105 Å². The van der Waals surface area contributed by atoms with Crippen LogP contribution in [0.5, 0.6) is 0 Å². The molecule has 0 atom stereocenters. The highest BCUT2D eigenvalue weighted by molar-refractivity contribution is 7.98. The minimum absolute atomic E-state index is 0.705. The highest BCUT2D eigenvalue weighted by Crippen LogP contribution is 2.23. The minimum Gasteiger partial charge on any atom is -0.437 e. The van der Waals surface area contributed by atoms with E-state index < -0.39 is 0 Å². The lowest BCUT2D eigenvalue weighted by atomic mass is 10.4. The van der Waals surface area contributed by atoms with Crippen molar-refractivity contribution in [3.8, 4) is 0 Å². The molecule has 0 spiro atoms. The molecule has 2 heterocycles. The summed E-state index contributed by atoms with van der Waals surface area (Å²) in [6.45, 7) is 3.87. The quantitative estimate of drug-likeness (QED) is 0.844. The van der Waals surface area contributed by atoms with Crippen LogP contribution in [0.3, 0.4) is 0 Å². The Morgan fingerprint density at radius 3 is 2.76 bits per heavy atom. The van der Waals surface area contributed by atoms with Crippen molar-refractivity contribution < 1.29 is 4.42 Å². The average Bonchev–Trinajstić information content (AvgIpc) is 2.67. The van der Waals surface area contributed by atoms with Gasteiger partial charge < -0.3 is 9.73 Å². The topological polar surface area (TPSA) is 51.0 Å². The van der Waals surface area contributed by atoms with E-state index >= 15 is 0 Å². The number of hydrogen-bond acceptors (Lipinski definition) is 5. The van der Waals surface area contributed by atoms with Crippen LogP contribution in [0.15, 0.2) is 27.8 Å². The summed E-state index contributed by atoms with van der Waals surface area (Å²) in [4.78, 5) is 8.75. The van der Waals surface area contributed by atoms with E-state index in [0.717, 1.165) is 28.7 Å². The van der Waals surface area contributed by atoms with E-state index in [4.69, 9.17) is 4.42 Å². The first-order valence-electron chi connectivity index (χ1n) is 5.39. The van der Waals surface area contributed by atoms with Crippen LogP contribution in [0.1, 0.15) is 17.1 Å². The van der Waals surface area contributed by atoms with E-state index in [-0.39, 0.29) is 0 Å². The van der Waals surface area contributed by atoms with Gasteiger partial charge in [0.1, 0.15) is 11.6 Å². The molecular weight excluding hydrogens is 234 g/mol. The molecule has 0 amide bonds. The van der Waals surface area contributed by atoms with E-state index in [2.05, 4.69) is 15.3 Å². The molecule has 0 radical (unpaired) electrons. The second-order valence-electron chi connectivity index (χ2n) is 3.67. The molecule has 0 aliphatic rings. The van der Waals surface area contributed by atoms with Crippen LogP contribution in [0.25, 0.3) is 0 Å². The average molecular weight is 249 g/mol. The normalized spacial score (nSPS) is 10.5. The molecule has 0 fully saturated rings. The van der Waals surface area contributed by atoms with Gasteiger partial charge in [0.15, 0.2) is 0 Å². The number of nitrogens with one attached hydrogen (secondary N) is 1. The lowest BCUT2D eigenvalue weighted by Crippen LogP contribution is -1.94. The van der Waals surface area contributed by atoms with Gasteiger partial charge in [-0.15, -0.1) is 0 Å². The van der Waals surface area contributed by atoms with Gasteiger partial charge in [-0.3, -0.25) is 0 Å². The molecule has 0 bridgehead atoms. The first-order chi connectivity index (χ1) is 8.19. The predicted molar refractivity (Wildman–Crippen MR) is 69.3 cm³/mol. The predicted octanol–water partition coefficient (Wildman–Crippen LogP) is 3.02. The van der Waals surface area contributed by atoms with Crippen molar-refractivity contribution in [2.24, 2.45) is 0 Å². The van der Waals surface area contributed by atoms with Gasteiger partial charge >= 0.3 is 0 Å². The molecular formula is C12H15N3OS. The van der Waals surface area contributed by atoms with Crippen molar-refractivity contribution in [1.82, 2.24) is 9.97 Å². The lowest BCUT2D eigenvalue weighted by Gasteiger charge is -2.01. The van der Waals surface area contributed by atoms with E-state index in [1.165, 1.54) is 0 Å². The molecule has 90 valence electrons. The maximum atomic E-state index is 5.50. The Balaban J connectivity index is 2.01. The van der Waals surface area contributed by atoms with Crippen LogP contribution in [0.2, 0.25) is 0 Å². The van der Waals surface area contributed by atoms with Crippen molar-refractivity contribution in [3.05, 3.63) is 35.3 Å². The largest absolute Gasteiger partial charge is 0.437 e. The van der Waals surface area contributed by atoms with Crippen molar-refractivity contribution in [2.45, 2.75) is 24.8 Å². The van der Waals surface area contributed by atoms with Crippen molar-refractivity contribution in [2.75, 3.05) is 12.4 Å². The SMILES string of the molecule is CNc1cccc(CSc2nc(C)c(C)o2)n1. The maximum absolute atomic E-state index is 5.50. The highest BCUT2D eigenvalue weighted by Gasteiger charge is 2.06. The summed E-state index contributed by atoms with van der Waals surface area (Å²) in [7, 11) is 1.86. The third-order valence-electron chi connectivity index (χ3n) is 2.42. The summed E-state index contributed by atoms with van der Waals surface area (Å²) < 4.78 is 5.50. The zero-order chi connectivity index (χ0) is 12.3. The van der Waals surface area contributed by atoms with Gasteiger partial charge in [-0.05, 0) is 26.0 Å². The van der Waals surface area contributed by atoms with Crippen molar-refractivity contribution in [1.29, 1.82) is 0 Å². The van der Waals surface area contributed by atoms with E-state index in [0.29, 0.717) is 5.22 Å². The molecule has 2 aromatic heterocycles. The third-order valence-corrected chi connectivity index (χ3v) is 3.28. The van der Waals surface area contributed by atoms with Crippen LogP contribution in [-0.2, 0) is 5.75 Å². The number of aryl methyl sites for hydroxylation is 2. The smallest absolute Gasteiger partial charge is 0.256 e. The molecule has 1 N–H and O–H groups in total. The number of hydrogen-bond donors (Lipinski definition) is 1. The molecule has 2 rings (SSSR count). The summed E-state index contributed by atoms with van der Waals surface area (Å²) in [5, 5.41) is 3.72. The van der Waals surface area contributed by atoms with Gasteiger partial charge in [0.25, 0.3) is 5.22 Å². The monoisotopic (exact) mass is 249 g/mol. The number of aromatic nitrogens is 2. The summed E-state index contributed by atoms with van der Waals surface area (Å²) in [6.07, 6.45) is 0. The van der Waals surface area contributed by atoms with Crippen LogP contribution in [0, 0.1) is 13.8 Å². The fourth-order valence-electron chi connectivity index (χ4n) is 1.34. The molecule has 0 aromatic carbocycles. The number of thioether (sulfide) groups is 1. The number of oxazole rings is 1. The van der Waals surface area contributed by atoms with E-state index in [1.807, 2.05) is 39.1 Å². The Bertz CT molecular complexity index is 491.